The second-order valence-electron chi connectivity index (χ2n) is 5.94. The highest BCUT2D eigenvalue weighted by Gasteiger charge is 2.18. The van der Waals surface area contributed by atoms with Gasteiger partial charge in [0, 0.05) is 23.8 Å². The zero-order chi connectivity index (χ0) is 15.6. The smallest absolute Gasteiger partial charge is 0.125 e. The topological polar surface area (TPSA) is 29.9 Å². The fourth-order valence-corrected chi connectivity index (χ4v) is 2.74. The summed E-state index contributed by atoms with van der Waals surface area (Å²) >= 11 is 0. The monoisotopic (exact) mass is 289 g/mol. The largest absolute Gasteiger partial charge is 0.314 e. The first kappa shape index (κ1) is 15.7. The summed E-state index contributed by atoms with van der Waals surface area (Å²) in [6.07, 6.45) is 0. The van der Waals surface area contributed by atoms with Gasteiger partial charge in [0.15, 0.2) is 0 Å². The summed E-state index contributed by atoms with van der Waals surface area (Å²) in [5.74, 6) is 0.130. The number of rotatable bonds is 5. The average Bonchev–Trinajstić information content (AvgIpc) is 2.71. The molecule has 3 nitrogen and oxygen atoms in total. The van der Waals surface area contributed by atoms with Crippen molar-refractivity contribution in [2.45, 2.75) is 46.6 Å². The molecule has 0 amide bonds. The first-order chi connectivity index (χ1) is 9.90. The Kier molecular flexibility index (Phi) is 4.78. The van der Waals surface area contributed by atoms with Gasteiger partial charge in [-0.2, -0.15) is 5.10 Å². The highest BCUT2D eigenvalue weighted by molar-refractivity contribution is 5.38. The van der Waals surface area contributed by atoms with Crippen LogP contribution < -0.4 is 5.32 Å². The number of halogens is 1. The fraction of sp³-hybridized carbons (Fsp3) is 0.471. The predicted octanol–water partition coefficient (Wildman–Crippen LogP) is 3.73. The number of nitrogens with one attached hydrogen (secondary N) is 1. The van der Waals surface area contributed by atoms with E-state index in [1.54, 1.807) is 6.07 Å². The minimum atomic E-state index is -0.240. The van der Waals surface area contributed by atoms with Crippen molar-refractivity contribution in [1.29, 1.82) is 0 Å². The van der Waals surface area contributed by atoms with Gasteiger partial charge >= 0.3 is 0 Å². The molecule has 1 N–H and O–H groups in total. The van der Waals surface area contributed by atoms with Gasteiger partial charge in [-0.25, -0.2) is 9.07 Å². The van der Waals surface area contributed by atoms with Crippen molar-refractivity contribution < 1.29 is 4.39 Å². The van der Waals surface area contributed by atoms with Crippen molar-refractivity contribution in [1.82, 2.24) is 15.1 Å². The van der Waals surface area contributed by atoms with Crippen LogP contribution in [0.25, 0.3) is 5.69 Å². The maximum atomic E-state index is 13.4. The van der Waals surface area contributed by atoms with Crippen LogP contribution in [-0.4, -0.2) is 22.4 Å². The van der Waals surface area contributed by atoms with E-state index in [4.69, 9.17) is 0 Å². The number of aryl methyl sites for hydroxylation is 1. The van der Waals surface area contributed by atoms with Crippen molar-refractivity contribution >= 4 is 0 Å². The molecule has 0 aliphatic rings. The molecule has 0 aliphatic heterocycles. The summed E-state index contributed by atoms with van der Waals surface area (Å²) in [6, 6.07) is 7.02. The maximum absolute atomic E-state index is 13.4. The predicted molar refractivity (Wildman–Crippen MR) is 84.5 cm³/mol. The second-order valence-corrected chi connectivity index (χ2v) is 5.94. The number of hydrogen-bond acceptors (Lipinski definition) is 2. The van der Waals surface area contributed by atoms with Crippen molar-refractivity contribution in [2.24, 2.45) is 0 Å². The molecule has 2 aromatic rings. The lowest BCUT2D eigenvalue weighted by Crippen LogP contribution is -2.27. The second kappa shape index (κ2) is 6.39. The molecule has 114 valence electrons. The maximum Gasteiger partial charge on any atom is 0.125 e. The Hall–Kier alpha value is -1.68. The van der Waals surface area contributed by atoms with Crippen LogP contribution in [0, 0.1) is 19.7 Å². The number of benzene rings is 1. The number of nitrogens with zero attached hydrogens (tertiary/aromatic N) is 2. The molecular weight excluding hydrogens is 265 g/mol. The molecule has 1 aromatic carbocycles. The Morgan fingerprint density at radius 2 is 1.95 bits per heavy atom. The molecule has 1 atom stereocenters. The minimum absolute atomic E-state index is 0.240. The molecular formula is C17H24FN3. The van der Waals surface area contributed by atoms with Crippen LogP contribution in [0.2, 0.25) is 0 Å². The Morgan fingerprint density at radius 1 is 1.24 bits per heavy atom. The van der Waals surface area contributed by atoms with Crippen molar-refractivity contribution in [3.63, 3.8) is 0 Å². The lowest BCUT2D eigenvalue weighted by molar-refractivity contribution is 0.546. The molecule has 0 spiro atoms. The number of hydrogen-bond donors (Lipinski definition) is 1. The third-order valence-electron chi connectivity index (χ3n) is 3.73. The first-order valence-corrected chi connectivity index (χ1v) is 7.45. The summed E-state index contributed by atoms with van der Waals surface area (Å²) in [5.41, 5.74) is 4.10. The molecule has 1 aromatic heterocycles. The highest BCUT2D eigenvalue weighted by Crippen LogP contribution is 2.25. The molecule has 4 heteroatoms. The van der Waals surface area contributed by atoms with Crippen LogP contribution in [-0.2, 0) is 0 Å². The van der Waals surface area contributed by atoms with Crippen LogP contribution in [0.3, 0.4) is 0 Å². The lowest BCUT2D eigenvalue weighted by Gasteiger charge is -2.16. The Labute approximate surface area is 126 Å². The fourth-order valence-electron chi connectivity index (χ4n) is 2.74. The molecule has 1 heterocycles. The quantitative estimate of drug-likeness (QED) is 0.909. The molecule has 0 saturated heterocycles. The van der Waals surface area contributed by atoms with E-state index in [1.807, 2.05) is 24.6 Å². The standard InChI is InChI=1S/C17H24FN3/c1-11(2)19-10-12(3)17-13(4)20-21(14(17)5)16-8-6-7-15(18)9-16/h6-9,11-12,19H,10H2,1-5H3. The minimum Gasteiger partial charge on any atom is -0.314 e. The van der Waals surface area contributed by atoms with E-state index in [0.29, 0.717) is 12.0 Å². The summed E-state index contributed by atoms with van der Waals surface area (Å²) in [6.45, 7) is 11.5. The number of aromatic nitrogens is 2. The highest BCUT2D eigenvalue weighted by atomic mass is 19.1. The molecule has 0 saturated carbocycles. The van der Waals surface area contributed by atoms with Gasteiger partial charge < -0.3 is 5.32 Å². The zero-order valence-electron chi connectivity index (χ0n) is 13.4. The zero-order valence-corrected chi connectivity index (χ0v) is 13.4. The third-order valence-corrected chi connectivity index (χ3v) is 3.73. The van der Waals surface area contributed by atoms with Gasteiger partial charge in [-0.15, -0.1) is 0 Å². The van der Waals surface area contributed by atoms with Crippen LogP contribution in [0.4, 0.5) is 4.39 Å². The summed E-state index contributed by atoms with van der Waals surface area (Å²) in [5, 5.41) is 8.05. The third kappa shape index (κ3) is 3.50. The van der Waals surface area contributed by atoms with Gasteiger partial charge in [0.2, 0.25) is 0 Å². The van der Waals surface area contributed by atoms with Gasteiger partial charge in [-0.3, -0.25) is 0 Å². The SMILES string of the molecule is Cc1nn(-c2cccc(F)c2)c(C)c1C(C)CNC(C)C. The van der Waals surface area contributed by atoms with Gasteiger partial charge in [0.1, 0.15) is 5.82 Å². The Bertz CT molecular complexity index is 616. The van der Waals surface area contributed by atoms with E-state index >= 15 is 0 Å². The lowest BCUT2D eigenvalue weighted by atomic mass is 9.99. The molecule has 0 fully saturated rings. The molecule has 2 rings (SSSR count). The molecule has 0 radical (unpaired) electrons. The van der Waals surface area contributed by atoms with Gasteiger partial charge in [-0.1, -0.05) is 26.8 Å². The van der Waals surface area contributed by atoms with E-state index in [0.717, 1.165) is 23.6 Å². The van der Waals surface area contributed by atoms with Gasteiger partial charge in [0.25, 0.3) is 0 Å². The Balaban J connectivity index is 2.33. The normalized spacial score (nSPS) is 12.9. The van der Waals surface area contributed by atoms with Gasteiger partial charge in [0.05, 0.1) is 11.4 Å². The van der Waals surface area contributed by atoms with Crippen LogP contribution in [0.5, 0.6) is 0 Å². The molecule has 1 unspecified atom stereocenters. The Morgan fingerprint density at radius 3 is 2.57 bits per heavy atom. The molecule has 21 heavy (non-hydrogen) atoms. The molecule has 0 bridgehead atoms. The summed E-state index contributed by atoms with van der Waals surface area (Å²) in [4.78, 5) is 0. The molecule has 0 aliphatic carbocycles. The summed E-state index contributed by atoms with van der Waals surface area (Å²) < 4.78 is 15.2. The first-order valence-electron chi connectivity index (χ1n) is 7.45. The van der Waals surface area contributed by atoms with E-state index in [2.05, 4.69) is 31.2 Å². The van der Waals surface area contributed by atoms with E-state index in [-0.39, 0.29) is 5.82 Å². The van der Waals surface area contributed by atoms with Crippen molar-refractivity contribution in [3.8, 4) is 5.69 Å². The van der Waals surface area contributed by atoms with E-state index in [9.17, 15) is 4.39 Å². The van der Waals surface area contributed by atoms with E-state index in [1.165, 1.54) is 17.7 Å². The average molecular weight is 289 g/mol. The van der Waals surface area contributed by atoms with Crippen LogP contribution in [0.15, 0.2) is 24.3 Å². The van der Waals surface area contributed by atoms with Crippen LogP contribution >= 0.6 is 0 Å². The van der Waals surface area contributed by atoms with E-state index < -0.39 is 0 Å². The van der Waals surface area contributed by atoms with Crippen molar-refractivity contribution in [2.75, 3.05) is 6.54 Å². The van der Waals surface area contributed by atoms with Crippen molar-refractivity contribution in [3.05, 3.63) is 47.0 Å². The van der Waals surface area contributed by atoms with Crippen LogP contribution in [0.1, 0.15) is 43.6 Å². The summed E-state index contributed by atoms with van der Waals surface area (Å²) in [7, 11) is 0. The van der Waals surface area contributed by atoms with Gasteiger partial charge in [-0.05, 0) is 38.0 Å².